The third-order valence-corrected chi connectivity index (χ3v) is 5.62. The van der Waals surface area contributed by atoms with Crippen LogP contribution >= 0.6 is 0 Å². The molecular formula is C24H29BF2N4O3. The Morgan fingerprint density at radius 1 is 1.41 bits per heavy atom. The predicted octanol–water partition coefficient (Wildman–Crippen LogP) is 1.61. The minimum atomic E-state index is -1.76. The zero-order valence-corrected chi connectivity index (χ0v) is 19.3. The average Bonchev–Trinajstić information content (AvgIpc) is 3.24. The summed E-state index contributed by atoms with van der Waals surface area (Å²) in [4.78, 5) is 13.0. The van der Waals surface area contributed by atoms with E-state index < -0.39 is 29.3 Å². The first-order chi connectivity index (χ1) is 16.1. The molecule has 1 amide bonds. The van der Waals surface area contributed by atoms with E-state index in [0.29, 0.717) is 18.5 Å². The van der Waals surface area contributed by atoms with Crippen LogP contribution in [0.3, 0.4) is 0 Å². The molecule has 5 N–H and O–H groups in total. The second kappa shape index (κ2) is 12.2. The van der Waals surface area contributed by atoms with Gasteiger partial charge in [-0.25, -0.2) is 8.78 Å². The van der Waals surface area contributed by atoms with Crippen molar-refractivity contribution in [3.8, 4) is 6.07 Å². The van der Waals surface area contributed by atoms with Crippen LogP contribution in [0.2, 0.25) is 0 Å². The van der Waals surface area contributed by atoms with Crippen LogP contribution in [-0.4, -0.2) is 48.8 Å². The maximum Gasteiger partial charge on any atom is 0.255 e. The van der Waals surface area contributed by atoms with E-state index in [2.05, 4.69) is 22.5 Å². The molecule has 34 heavy (non-hydrogen) atoms. The number of hydrogen-bond acceptors (Lipinski definition) is 6. The number of amides is 1. The molecule has 1 aliphatic rings. The normalized spacial score (nSPS) is 19.9. The van der Waals surface area contributed by atoms with E-state index in [-0.39, 0.29) is 35.4 Å². The van der Waals surface area contributed by atoms with Gasteiger partial charge in [-0.05, 0) is 56.4 Å². The average molecular weight is 470 g/mol. The van der Waals surface area contributed by atoms with Crippen LogP contribution < -0.4 is 21.4 Å². The molecule has 1 aromatic rings. The number of carbonyl (C=O) groups excluding carboxylic acids is 1. The maximum absolute atomic E-state index is 13.9. The van der Waals surface area contributed by atoms with Crippen LogP contribution in [0, 0.1) is 23.0 Å². The van der Waals surface area contributed by atoms with E-state index in [1.807, 2.05) is 6.07 Å². The summed E-state index contributed by atoms with van der Waals surface area (Å²) in [5.41, 5.74) is -1.20. The molecule has 0 bridgehead atoms. The first-order valence-corrected chi connectivity index (χ1v) is 10.9. The number of aliphatic hydroxyl groups excluding tert-OH is 2. The summed E-state index contributed by atoms with van der Waals surface area (Å²) in [6.45, 7) is 5.91. The van der Waals surface area contributed by atoms with E-state index in [0.717, 1.165) is 18.6 Å². The lowest BCUT2D eigenvalue weighted by molar-refractivity contribution is -0.118. The van der Waals surface area contributed by atoms with E-state index >= 15 is 0 Å². The molecule has 2 unspecified atom stereocenters. The Morgan fingerprint density at radius 2 is 2.09 bits per heavy atom. The minimum absolute atomic E-state index is 0.0571. The van der Waals surface area contributed by atoms with Crippen molar-refractivity contribution in [1.29, 1.82) is 5.26 Å². The summed E-state index contributed by atoms with van der Waals surface area (Å²) < 4.78 is 27.9. The van der Waals surface area contributed by atoms with Crippen molar-refractivity contribution in [2.45, 2.75) is 38.0 Å². The number of halogens is 2. The fourth-order valence-electron chi connectivity index (χ4n) is 3.55. The number of nitrogens with one attached hydrogen (secondary N) is 3. The van der Waals surface area contributed by atoms with Crippen molar-refractivity contribution < 1.29 is 23.8 Å². The maximum atomic E-state index is 13.9. The highest BCUT2D eigenvalue weighted by Gasteiger charge is 2.38. The van der Waals surface area contributed by atoms with Gasteiger partial charge in [-0.3, -0.25) is 4.79 Å². The number of allylic oxidation sites excluding steroid dienone is 4. The molecule has 7 nitrogen and oxygen atoms in total. The van der Waals surface area contributed by atoms with Crippen molar-refractivity contribution in [3.05, 3.63) is 71.6 Å². The third-order valence-electron chi connectivity index (χ3n) is 5.62. The van der Waals surface area contributed by atoms with Crippen molar-refractivity contribution in [1.82, 2.24) is 10.6 Å². The molecule has 1 saturated heterocycles. The quantitative estimate of drug-likeness (QED) is 0.0886. The summed E-state index contributed by atoms with van der Waals surface area (Å²) in [6.07, 6.45) is 6.17. The fraction of sp³-hybridized carbons (Fsp3) is 0.333. The molecule has 0 aliphatic carbocycles. The third kappa shape index (κ3) is 6.79. The lowest BCUT2D eigenvalue weighted by Crippen LogP contribution is -2.44. The van der Waals surface area contributed by atoms with Crippen LogP contribution in [0.4, 0.5) is 14.5 Å². The topological polar surface area (TPSA) is 117 Å². The molecule has 1 aliphatic heterocycles. The predicted molar refractivity (Wildman–Crippen MR) is 130 cm³/mol. The van der Waals surface area contributed by atoms with Gasteiger partial charge in [0.15, 0.2) is 6.23 Å². The van der Waals surface area contributed by atoms with Gasteiger partial charge in [0.1, 0.15) is 30.8 Å². The lowest BCUT2D eigenvalue weighted by atomic mass is 9.92. The molecule has 0 saturated carbocycles. The van der Waals surface area contributed by atoms with E-state index in [9.17, 15) is 29.1 Å². The second-order valence-corrected chi connectivity index (χ2v) is 8.17. The molecular weight excluding hydrogens is 441 g/mol. The SMILES string of the molecule is Bc1c(F)cc(NC(O)/C(C(=O)NCC/C(C#N)=C\C=C/C=C)=C(\O)C2(C)CCCN2)cc1F. The number of carbonyl (C=O) groups is 1. The van der Waals surface area contributed by atoms with Crippen molar-refractivity contribution in [2.24, 2.45) is 0 Å². The summed E-state index contributed by atoms with van der Waals surface area (Å²) in [7, 11) is 1.28. The molecule has 0 aromatic heterocycles. The lowest BCUT2D eigenvalue weighted by Gasteiger charge is -2.28. The Morgan fingerprint density at radius 3 is 2.65 bits per heavy atom. The number of rotatable bonds is 10. The van der Waals surface area contributed by atoms with Gasteiger partial charge in [0.2, 0.25) is 0 Å². The van der Waals surface area contributed by atoms with Crippen LogP contribution in [-0.2, 0) is 4.79 Å². The van der Waals surface area contributed by atoms with Gasteiger partial charge >= 0.3 is 0 Å². The molecule has 180 valence electrons. The first-order valence-electron chi connectivity index (χ1n) is 10.9. The van der Waals surface area contributed by atoms with Gasteiger partial charge in [-0.1, -0.05) is 24.8 Å². The highest BCUT2D eigenvalue weighted by molar-refractivity contribution is 6.32. The molecule has 2 atom stereocenters. The molecule has 1 heterocycles. The Bertz CT molecular complexity index is 1030. The highest BCUT2D eigenvalue weighted by atomic mass is 19.1. The molecule has 1 aromatic carbocycles. The number of nitrogens with zero attached hydrogens (tertiary/aromatic N) is 1. The van der Waals surface area contributed by atoms with Crippen LogP contribution in [0.25, 0.3) is 0 Å². The highest BCUT2D eigenvalue weighted by Crippen LogP contribution is 2.29. The smallest absolute Gasteiger partial charge is 0.255 e. The van der Waals surface area contributed by atoms with E-state index in [1.54, 1.807) is 31.2 Å². The zero-order chi connectivity index (χ0) is 25.3. The standard InChI is InChI=1S/C24H29BF2N4O3/c1-3-4-5-7-15(14-28)8-11-29-22(33)19(21(32)24(2)9-6-10-30-24)23(34)31-16-12-17(26)20(25)18(27)13-16/h3-5,7,12-13,23,30-32,34H,1,6,8-11,25H2,2H3,(H,29,33)/b5-4-,15-7+,21-19-. The number of aliphatic hydroxyl groups is 2. The van der Waals surface area contributed by atoms with Gasteiger partial charge in [0.05, 0.1) is 11.6 Å². The van der Waals surface area contributed by atoms with E-state index in [4.69, 9.17) is 0 Å². The summed E-state index contributed by atoms with van der Waals surface area (Å²) in [5.74, 6) is -2.79. The largest absolute Gasteiger partial charge is 0.510 e. The first kappa shape index (κ1) is 26.8. The van der Waals surface area contributed by atoms with Gasteiger partial charge in [0.25, 0.3) is 5.91 Å². The number of hydrogen-bond donors (Lipinski definition) is 5. The monoisotopic (exact) mass is 470 g/mol. The summed E-state index contributed by atoms with van der Waals surface area (Å²) in [6, 6.07) is 4.01. The summed E-state index contributed by atoms with van der Waals surface area (Å²) >= 11 is 0. The van der Waals surface area contributed by atoms with Gasteiger partial charge in [-0.15, -0.1) is 0 Å². The Balaban J connectivity index is 2.27. The summed E-state index contributed by atoms with van der Waals surface area (Å²) in [5, 5.41) is 39.2. The Hall–Kier alpha value is -3.42. The Kier molecular flexibility index (Phi) is 9.60. The fourth-order valence-corrected chi connectivity index (χ4v) is 3.55. The molecule has 2 rings (SSSR count). The number of nitriles is 1. The van der Waals surface area contributed by atoms with E-state index in [1.165, 1.54) is 7.85 Å². The zero-order valence-electron chi connectivity index (χ0n) is 19.3. The Labute approximate surface area is 199 Å². The number of anilines is 1. The second-order valence-electron chi connectivity index (χ2n) is 8.17. The minimum Gasteiger partial charge on any atom is -0.510 e. The van der Waals surface area contributed by atoms with Crippen LogP contribution in [0.15, 0.2) is 59.9 Å². The molecule has 0 radical (unpaired) electrons. The van der Waals surface area contributed by atoms with Crippen molar-refractivity contribution >= 4 is 24.9 Å². The van der Waals surface area contributed by atoms with Crippen LogP contribution in [0.5, 0.6) is 0 Å². The number of benzene rings is 1. The van der Waals surface area contributed by atoms with Gasteiger partial charge in [-0.2, -0.15) is 5.26 Å². The molecule has 10 heteroatoms. The van der Waals surface area contributed by atoms with Crippen molar-refractivity contribution in [3.63, 3.8) is 0 Å². The molecule has 1 fully saturated rings. The molecule has 0 spiro atoms. The van der Waals surface area contributed by atoms with Gasteiger partial charge in [0, 0.05) is 17.8 Å². The van der Waals surface area contributed by atoms with Crippen molar-refractivity contribution in [2.75, 3.05) is 18.4 Å². The van der Waals surface area contributed by atoms with Crippen LogP contribution in [0.1, 0.15) is 26.2 Å². The van der Waals surface area contributed by atoms with Gasteiger partial charge < -0.3 is 26.2 Å².